The first kappa shape index (κ1) is 20.6. The smallest absolute Gasteiger partial charge is 0.222 e. The Hall–Kier alpha value is -1.08. The molecule has 3 aliphatic rings. The van der Waals surface area contributed by atoms with Crippen molar-refractivity contribution < 1.29 is 4.79 Å². The van der Waals surface area contributed by atoms with Gasteiger partial charge in [-0.05, 0) is 62.3 Å². The van der Waals surface area contributed by atoms with E-state index in [1.165, 1.54) is 38.5 Å². The molecular formula is C23H39N3O. The molecule has 4 heteroatoms. The number of rotatable bonds is 7. The Morgan fingerprint density at radius 3 is 2.59 bits per heavy atom. The van der Waals surface area contributed by atoms with Gasteiger partial charge in [-0.1, -0.05) is 32.6 Å². The van der Waals surface area contributed by atoms with Gasteiger partial charge < -0.3 is 9.80 Å². The molecule has 3 rings (SSSR count). The van der Waals surface area contributed by atoms with E-state index in [1.54, 1.807) is 0 Å². The highest BCUT2D eigenvalue weighted by Gasteiger charge is 2.37. The molecule has 2 atom stereocenters. The van der Waals surface area contributed by atoms with Crippen LogP contribution in [0.15, 0.2) is 0 Å². The van der Waals surface area contributed by atoms with Crippen LogP contribution in [0.25, 0.3) is 0 Å². The van der Waals surface area contributed by atoms with Crippen molar-refractivity contribution in [2.24, 2.45) is 17.3 Å². The summed E-state index contributed by atoms with van der Waals surface area (Å²) < 4.78 is 0. The van der Waals surface area contributed by atoms with E-state index in [0.717, 1.165) is 70.7 Å². The molecule has 4 nitrogen and oxygen atoms in total. The average molecular weight is 374 g/mol. The van der Waals surface area contributed by atoms with Crippen LogP contribution >= 0.6 is 0 Å². The second-order valence-corrected chi connectivity index (χ2v) is 9.54. The van der Waals surface area contributed by atoms with E-state index in [1.807, 2.05) is 0 Å². The molecule has 2 saturated heterocycles. The van der Waals surface area contributed by atoms with Gasteiger partial charge in [-0.25, -0.2) is 0 Å². The van der Waals surface area contributed by atoms with Crippen LogP contribution in [-0.2, 0) is 4.79 Å². The van der Waals surface area contributed by atoms with E-state index in [4.69, 9.17) is 5.26 Å². The topological polar surface area (TPSA) is 47.3 Å². The first-order valence-corrected chi connectivity index (χ1v) is 11.5. The normalized spacial score (nSPS) is 30.4. The van der Waals surface area contributed by atoms with Gasteiger partial charge in [0.2, 0.25) is 5.91 Å². The van der Waals surface area contributed by atoms with Gasteiger partial charge in [-0.2, -0.15) is 5.26 Å². The monoisotopic (exact) mass is 373 g/mol. The summed E-state index contributed by atoms with van der Waals surface area (Å²) in [4.78, 5) is 17.4. The van der Waals surface area contributed by atoms with Crippen molar-refractivity contribution >= 4 is 5.91 Å². The van der Waals surface area contributed by atoms with Crippen LogP contribution in [0, 0.1) is 28.6 Å². The minimum absolute atomic E-state index is 0.238. The zero-order chi connectivity index (χ0) is 19.1. The highest BCUT2D eigenvalue weighted by atomic mass is 16.2. The molecule has 1 aliphatic carbocycles. The van der Waals surface area contributed by atoms with Gasteiger partial charge in [0.25, 0.3) is 0 Å². The van der Waals surface area contributed by atoms with Gasteiger partial charge in [0, 0.05) is 39.0 Å². The van der Waals surface area contributed by atoms with Gasteiger partial charge in [-0.3, -0.25) is 4.79 Å². The molecule has 0 aromatic carbocycles. The number of hydrogen-bond acceptors (Lipinski definition) is 3. The number of carbonyl (C=O) groups excluding carboxylic acids is 1. The third-order valence-electron chi connectivity index (χ3n) is 7.68. The summed E-state index contributed by atoms with van der Waals surface area (Å²) in [5.74, 6) is 1.94. The first-order valence-electron chi connectivity index (χ1n) is 11.5. The van der Waals surface area contributed by atoms with E-state index < -0.39 is 0 Å². The summed E-state index contributed by atoms with van der Waals surface area (Å²) in [5.41, 5.74) is 0.238. The third kappa shape index (κ3) is 5.70. The minimum atomic E-state index is 0.238. The number of amides is 1. The highest BCUT2D eigenvalue weighted by Crippen LogP contribution is 2.37. The molecule has 0 N–H and O–H groups in total. The Morgan fingerprint density at radius 2 is 1.85 bits per heavy atom. The van der Waals surface area contributed by atoms with Crippen LogP contribution in [0.4, 0.5) is 0 Å². The molecule has 0 spiro atoms. The lowest BCUT2D eigenvalue weighted by molar-refractivity contribution is -0.131. The SMILES string of the molecule is CCC1(CC#N)CCN(CC2CCCN(C(=O)CCC3CCCC3)CC2)C1. The molecule has 1 saturated carbocycles. The summed E-state index contributed by atoms with van der Waals surface area (Å²) >= 11 is 0. The second-order valence-electron chi connectivity index (χ2n) is 9.54. The molecule has 0 aromatic heterocycles. The lowest BCUT2D eigenvalue weighted by Gasteiger charge is -2.27. The van der Waals surface area contributed by atoms with Crippen LogP contribution in [-0.4, -0.2) is 48.4 Å². The Bertz CT molecular complexity index is 522. The molecule has 2 aliphatic heterocycles. The lowest BCUT2D eigenvalue weighted by Crippen LogP contribution is -2.33. The zero-order valence-corrected chi connectivity index (χ0v) is 17.4. The summed E-state index contributed by atoms with van der Waals surface area (Å²) in [5, 5.41) is 9.16. The van der Waals surface area contributed by atoms with Crippen molar-refractivity contribution in [3.05, 3.63) is 0 Å². The van der Waals surface area contributed by atoms with E-state index in [0.29, 0.717) is 18.2 Å². The van der Waals surface area contributed by atoms with Gasteiger partial charge in [-0.15, -0.1) is 0 Å². The molecule has 3 fully saturated rings. The van der Waals surface area contributed by atoms with Crippen molar-refractivity contribution in [1.82, 2.24) is 9.80 Å². The van der Waals surface area contributed by atoms with Gasteiger partial charge in [0.1, 0.15) is 0 Å². The van der Waals surface area contributed by atoms with Crippen molar-refractivity contribution in [2.45, 2.75) is 84.0 Å². The number of nitriles is 1. The molecule has 1 amide bonds. The summed E-state index contributed by atoms with van der Waals surface area (Å²) in [6.07, 6.45) is 13.9. The summed E-state index contributed by atoms with van der Waals surface area (Å²) in [6.45, 7) is 7.57. The van der Waals surface area contributed by atoms with E-state index in [-0.39, 0.29) is 5.41 Å². The molecule has 0 aromatic rings. The van der Waals surface area contributed by atoms with E-state index in [2.05, 4.69) is 22.8 Å². The maximum absolute atomic E-state index is 12.6. The molecule has 0 bridgehead atoms. The molecule has 0 radical (unpaired) electrons. The Kier molecular flexibility index (Phi) is 7.58. The van der Waals surface area contributed by atoms with Crippen molar-refractivity contribution in [3.63, 3.8) is 0 Å². The van der Waals surface area contributed by atoms with Gasteiger partial charge in [0.05, 0.1) is 6.07 Å². The summed E-state index contributed by atoms with van der Waals surface area (Å²) in [6, 6.07) is 2.42. The minimum Gasteiger partial charge on any atom is -0.343 e. The average Bonchev–Trinajstić information content (AvgIpc) is 3.27. The Balaban J connectivity index is 1.40. The number of nitrogens with zero attached hydrogens (tertiary/aromatic N) is 3. The Labute approximate surface area is 166 Å². The van der Waals surface area contributed by atoms with Crippen molar-refractivity contribution in [2.75, 3.05) is 32.7 Å². The van der Waals surface area contributed by atoms with Crippen LogP contribution in [0.3, 0.4) is 0 Å². The Morgan fingerprint density at radius 1 is 1.07 bits per heavy atom. The largest absolute Gasteiger partial charge is 0.343 e. The molecule has 152 valence electrons. The van der Waals surface area contributed by atoms with Crippen LogP contribution < -0.4 is 0 Å². The van der Waals surface area contributed by atoms with Gasteiger partial charge >= 0.3 is 0 Å². The van der Waals surface area contributed by atoms with Crippen LogP contribution in [0.2, 0.25) is 0 Å². The highest BCUT2D eigenvalue weighted by molar-refractivity contribution is 5.76. The standard InChI is InChI=1S/C23H39N3O/c1-2-23(12-14-24)13-17-25(19-23)18-21-8-5-15-26(16-11-21)22(27)10-9-20-6-3-4-7-20/h20-21H,2-13,15-19H2,1H3. The predicted molar refractivity (Wildman–Crippen MR) is 109 cm³/mol. The van der Waals surface area contributed by atoms with E-state index >= 15 is 0 Å². The number of carbonyl (C=O) groups is 1. The zero-order valence-electron chi connectivity index (χ0n) is 17.4. The molecule has 2 heterocycles. The summed E-state index contributed by atoms with van der Waals surface area (Å²) in [7, 11) is 0. The van der Waals surface area contributed by atoms with E-state index in [9.17, 15) is 4.79 Å². The number of likely N-dealkylation sites (tertiary alicyclic amines) is 2. The van der Waals surface area contributed by atoms with Crippen LogP contribution in [0.5, 0.6) is 0 Å². The lowest BCUT2D eigenvalue weighted by atomic mass is 9.81. The van der Waals surface area contributed by atoms with Crippen LogP contribution in [0.1, 0.15) is 84.0 Å². The molecule has 27 heavy (non-hydrogen) atoms. The molecule has 2 unspecified atom stereocenters. The fourth-order valence-corrected chi connectivity index (χ4v) is 5.66. The first-order chi connectivity index (χ1) is 13.1. The van der Waals surface area contributed by atoms with Crippen molar-refractivity contribution in [1.29, 1.82) is 5.26 Å². The quantitative estimate of drug-likeness (QED) is 0.655. The molecular weight excluding hydrogens is 334 g/mol. The maximum atomic E-state index is 12.6. The predicted octanol–water partition coefficient (Wildman–Crippen LogP) is 4.60. The van der Waals surface area contributed by atoms with Crippen molar-refractivity contribution in [3.8, 4) is 6.07 Å². The fraction of sp³-hybridized carbons (Fsp3) is 0.913. The fourth-order valence-electron chi connectivity index (χ4n) is 5.66. The third-order valence-corrected chi connectivity index (χ3v) is 7.68. The maximum Gasteiger partial charge on any atom is 0.222 e. The number of hydrogen-bond donors (Lipinski definition) is 0. The van der Waals surface area contributed by atoms with Gasteiger partial charge in [0.15, 0.2) is 0 Å². The second kappa shape index (κ2) is 9.92.